The Kier molecular flexibility index (Phi) is 6.21. The van der Waals surface area contributed by atoms with Gasteiger partial charge in [-0.1, -0.05) is 6.07 Å². The molecular formula is C22H19N5O3S. The third kappa shape index (κ3) is 5.25. The number of hydrogen-bond acceptors (Lipinski definition) is 7. The van der Waals surface area contributed by atoms with Crippen LogP contribution in [0.5, 0.6) is 5.75 Å². The zero-order chi connectivity index (χ0) is 21.6. The van der Waals surface area contributed by atoms with Crippen LogP contribution in [0.4, 0.5) is 10.8 Å². The highest BCUT2D eigenvalue weighted by Crippen LogP contribution is 2.26. The number of anilines is 2. The molecule has 4 rings (SSSR count). The van der Waals surface area contributed by atoms with E-state index in [0.717, 1.165) is 30.1 Å². The van der Waals surface area contributed by atoms with Crippen molar-refractivity contribution < 1.29 is 14.3 Å². The van der Waals surface area contributed by atoms with Gasteiger partial charge in [0.05, 0.1) is 17.3 Å². The molecule has 3 aromatic rings. The summed E-state index contributed by atoms with van der Waals surface area (Å²) in [5.41, 5.74) is 2.53. The number of rotatable bonds is 6. The second-order valence-electron chi connectivity index (χ2n) is 6.82. The van der Waals surface area contributed by atoms with Gasteiger partial charge in [-0.05, 0) is 42.5 Å². The van der Waals surface area contributed by atoms with Crippen molar-refractivity contribution in [3.05, 3.63) is 70.2 Å². The molecule has 0 radical (unpaired) electrons. The highest BCUT2D eigenvalue weighted by Gasteiger charge is 2.17. The van der Waals surface area contributed by atoms with Gasteiger partial charge in [0.2, 0.25) is 0 Å². The van der Waals surface area contributed by atoms with Gasteiger partial charge in [0, 0.05) is 35.6 Å². The van der Waals surface area contributed by atoms with Crippen LogP contribution < -0.4 is 20.7 Å². The predicted molar refractivity (Wildman–Crippen MR) is 117 cm³/mol. The number of carbonyl (C=O) groups excluding carboxylic acids is 2. The SMILES string of the molecule is N#Cc1ccc(NC(=O)COc2cccc(C(=O)Nc3nc4c(s3)CNCC4)c2)cc1. The molecule has 0 aliphatic carbocycles. The van der Waals surface area contributed by atoms with Crippen LogP contribution in [0.3, 0.4) is 0 Å². The summed E-state index contributed by atoms with van der Waals surface area (Å²) in [6.45, 7) is 1.45. The zero-order valence-corrected chi connectivity index (χ0v) is 17.3. The minimum absolute atomic E-state index is 0.211. The molecule has 1 aliphatic heterocycles. The summed E-state index contributed by atoms with van der Waals surface area (Å²) in [6.07, 6.45) is 0.857. The Hall–Kier alpha value is -3.74. The van der Waals surface area contributed by atoms with Crippen LogP contribution in [-0.2, 0) is 17.8 Å². The van der Waals surface area contributed by atoms with Gasteiger partial charge in [-0.25, -0.2) is 4.98 Å². The number of hydrogen-bond donors (Lipinski definition) is 3. The molecule has 0 spiro atoms. The predicted octanol–water partition coefficient (Wildman–Crippen LogP) is 2.93. The lowest BCUT2D eigenvalue weighted by Gasteiger charge is -2.09. The summed E-state index contributed by atoms with van der Waals surface area (Å²) in [5, 5.41) is 18.2. The first-order chi connectivity index (χ1) is 15.1. The van der Waals surface area contributed by atoms with Crippen molar-refractivity contribution in [1.82, 2.24) is 10.3 Å². The molecule has 3 N–H and O–H groups in total. The number of carbonyl (C=O) groups is 2. The average molecular weight is 433 g/mol. The first-order valence-electron chi connectivity index (χ1n) is 9.64. The molecule has 2 amide bonds. The number of amides is 2. The molecule has 31 heavy (non-hydrogen) atoms. The lowest BCUT2D eigenvalue weighted by atomic mass is 10.2. The van der Waals surface area contributed by atoms with Crippen molar-refractivity contribution >= 4 is 34.0 Å². The van der Waals surface area contributed by atoms with Crippen LogP contribution in [0.2, 0.25) is 0 Å². The van der Waals surface area contributed by atoms with Crippen molar-refractivity contribution in [2.75, 3.05) is 23.8 Å². The van der Waals surface area contributed by atoms with Crippen molar-refractivity contribution in [1.29, 1.82) is 5.26 Å². The third-order valence-electron chi connectivity index (χ3n) is 4.59. The number of thiazole rings is 1. The van der Waals surface area contributed by atoms with Gasteiger partial charge in [-0.3, -0.25) is 14.9 Å². The molecule has 0 atom stereocenters. The summed E-state index contributed by atoms with van der Waals surface area (Å²) < 4.78 is 5.53. The zero-order valence-electron chi connectivity index (χ0n) is 16.5. The fourth-order valence-electron chi connectivity index (χ4n) is 3.05. The van der Waals surface area contributed by atoms with Crippen LogP contribution >= 0.6 is 11.3 Å². The topological polar surface area (TPSA) is 116 Å². The molecule has 1 aromatic heterocycles. The van der Waals surface area contributed by atoms with Crippen LogP contribution in [-0.4, -0.2) is 29.9 Å². The average Bonchev–Trinajstić information content (AvgIpc) is 3.20. The van der Waals surface area contributed by atoms with Crippen molar-refractivity contribution in [3.8, 4) is 11.8 Å². The van der Waals surface area contributed by atoms with Crippen LogP contribution in [0, 0.1) is 11.3 Å². The maximum absolute atomic E-state index is 12.6. The fourth-order valence-corrected chi connectivity index (χ4v) is 4.02. The molecule has 156 valence electrons. The minimum atomic E-state index is -0.346. The smallest absolute Gasteiger partial charge is 0.262 e. The molecule has 0 saturated carbocycles. The molecule has 0 fully saturated rings. The normalized spacial score (nSPS) is 12.4. The largest absolute Gasteiger partial charge is 0.484 e. The van der Waals surface area contributed by atoms with Gasteiger partial charge in [0.1, 0.15) is 5.75 Å². The first-order valence-corrected chi connectivity index (χ1v) is 10.5. The maximum atomic E-state index is 12.6. The molecule has 8 nitrogen and oxygen atoms in total. The van der Waals surface area contributed by atoms with Gasteiger partial charge in [-0.2, -0.15) is 5.26 Å². The second-order valence-corrected chi connectivity index (χ2v) is 7.91. The van der Waals surface area contributed by atoms with E-state index in [-0.39, 0.29) is 18.4 Å². The van der Waals surface area contributed by atoms with E-state index in [1.165, 1.54) is 11.3 Å². The maximum Gasteiger partial charge on any atom is 0.262 e. The Morgan fingerprint density at radius 2 is 2.03 bits per heavy atom. The van der Waals surface area contributed by atoms with Gasteiger partial charge in [0.15, 0.2) is 11.7 Å². The van der Waals surface area contributed by atoms with Crippen LogP contribution in [0.1, 0.15) is 26.5 Å². The number of fused-ring (bicyclic) bond motifs is 1. The van der Waals surface area contributed by atoms with Gasteiger partial charge < -0.3 is 15.4 Å². The van der Waals surface area contributed by atoms with Gasteiger partial charge in [0.25, 0.3) is 11.8 Å². The lowest BCUT2D eigenvalue weighted by Crippen LogP contribution is -2.22. The molecule has 0 saturated heterocycles. The van der Waals surface area contributed by atoms with E-state index in [9.17, 15) is 9.59 Å². The van der Waals surface area contributed by atoms with E-state index in [1.807, 2.05) is 6.07 Å². The molecule has 0 unspecified atom stereocenters. The van der Waals surface area contributed by atoms with Crippen molar-refractivity contribution in [2.45, 2.75) is 13.0 Å². The Morgan fingerprint density at radius 1 is 1.19 bits per heavy atom. The Labute approximate surface area is 182 Å². The highest BCUT2D eigenvalue weighted by molar-refractivity contribution is 7.15. The van der Waals surface area contributed by atoms with Crippen molar-refractivity contribution in [3.63, 3.8) is 0 Å². The van der Waals surface area contributed by atoms with E-state index >= 15 is 0 Å². The van der Waals surface area contributed by atoms with Crippen LogP contribution in [0.25, 0.3) is 0 Å². The van der Waals surface area contributed by atoms with Gasteiger partial charge in [-0.15, -0.1) is 11.3 Å². The Morgan fingerprint density at radius 3 is 2.81 bits per heavy atom. The monoisotopic (exact) mass is 433 g/mol. The summed E-state index contributed by atoms with van der Waals surface area (Å²) >= 11 is 1.47. The molecule has 1 aliphatic rings. The van der Waals surface area contributed by atoms with Crippen molar-refractivity contribution in [2.24, 2.45) is 0 Å². The summed E-state index contributed by atoms with van der Waals surface area (Å²) in [4.78, 5) is 30.3. The van der Waals surface area contributed by atoms with Crippen LogP contribution in [0.15, 0.2) is 48.5 Å². The molecule has 9 heteroatoms. The molecule has 0 bridgehead atoms. The molecular weight excluding hydrogens is 414 g/mol. The molecule has 2 aromatic carbocycles. The minimum Gasteiger partial charge on any atom is -0.484 e. The number of nitriles is 1. The standard InChI is InChI=1S/C22H19N5O3S/c23-11-14-4-6-16(7-5-14)25-20(28)13-30-17-3-1-2-15(10-17)21(29)27-22-26-18-8-9-24-12-19(18)31-22/h1-7,10,24H,8-9,12-13H2,(H,25,28)(H,26,27,29). The highest BCUT2D eigenvalue weighted by atomic mass is 32.1. The third-order valence-corrected chi connectivity index (χ3v) is 5.60. The Balaban J connectivity index is 1.33. The first kappa shape index (κ1) is 20.5. The van der Waals surface area contributed by atoms with E-state index in [1.54, 1.807) is 48.5 Å². The Bertz CT molecular complexity index is 1130. The number of ether oxygens (including phenoxy) is 1. The van der Waals surface area contributed by atoms with Gasteiger partial charge >= 0.3 is 0 Å². The fraction of sp³-hybridized carbons (Fsp3) is 0.182. The van der Waals surface area contributed by atoms with E-state index in [4.69, 9.17) is 10.00 Å². The summed E-state index contributed by atoms with van der Waals surface area (Å²) in [7, 11) is 0. The quantitative estimate of drug-likeness (QED) is 0.550. The number of nitrogens with zero attached hydrogens (tertiary/aromatic N) is 2. The summed E-state index contributed by atoms with van der Waals surface area (Å²) in [5.74, 6) is -0.224. The second kappa shape index (κ2) is 9.38. The lowest BCUT2D eigenvalue weighted by molar-refractivity contribution is -0.118. The number of nitrogens with one attached hydrogen (secondary N) is 3. The molecule has 2 heterocycles. The van der Waals surface area contributed by atoms with E-state index < -0.39 is 0 Å². The number of aromatic nitrogens is 1. The van der Waals surface area contributed by atoms with E-state index in [2.05, 4.69) is 20.9 Å². The van der Waals surface area contributed by atoms with E-state index in [0.29, 0.717) is 27.7 Å². The summed E-state index contributed by atoms with van der Waals surface area (Å²) in [6, 6.07) is 15.2. The number of benzene rings is 2.